The van der Waals surface area contributed by atoms with Crippen LogP contribution in [0.15, 0.2) is 42.7 Å². The Bertz CT molecular complexity index is 1450. The van der Waals surface area contributed by atoms with Crippen LogP contribution in [0.1, 0.15) is 30.0 Å². The highest BCUT2D eigenvalue weighted by molar-refractivity contribution is 5.81. The molecule has 10 nitrogen and oxygen atoms in total. The summed E-state index contributed by atoms with van der Waals surface area (Å²) in [6.45, 7) is 9.34. The highest BCUT2D eigenvalue weighted by atomic mass is 16.5. The molecule has 2 saturated heterocycles. The lowest BCUT2D eigenvalue weighted by molar-refractivity contribution is -0.0660. The zero-order chi connectivity index (χ0) is 24.8. The fourth-order valence-corrected chi connectivity index (χ4v) is 4.98. The first-order chi connectivity index (χ1) is 17.5. The van der Waals surface area contributed by atoms with Crippen LogP contribution in [0.2, 0.25) is 0 Å². The average molecular weight is 485 g/mol. The van der Waals surface area contributed by atoms with E-state index in [-0.39, 0.29) is 0 Å². The average Bonchev–Trinajstić information content (AvgIpc) is 3.45. The number of aryl methyl sites for hydroxylation is 1. The number of nitrogens with zero attached hydrogens (tertiary/aromatic N) is 8. The second-order valence-electron chi connectivity index (χ2n) is 9.45. The largest absolute Gasteiger partial charge is 0.389 e. The summed E-state index contributed by atoms with van der Waals surface area (Å²) >= 11 is 0. The minimum absolute atomic E-state index is 0.304. The number of fused-ring (bicyclic) bond motifs is 1. The normalized spacial score (nSPS) is 17.8. The van der Waals surface area contributed by atoms with Gasteiger partial charge in [-0.3, -0.25) is 9.47 Å². The molecule has 0 radical (unpaired) electrons. The quantitative estimate of drug-likeness (QED) is 0.460. The van der Waals surface area contributed by atoms with E-state index in [9.17, 15) is 10.4 Å². The van der Waals surface area contributed by atoms with E-state index in [1.54, 1.807) is 24.0 Å². The Morgan fingerprint density at radius 2 is 1.92 bits per heavy atom. The van der Waals surface area contributed by atoms with Crippen molar-refractivity contribution in [1.82, 2.24) is 29.2 Å². The second-order valence-corrected chi connectivity index (χ2v) is 9.45. The molecule has 3 aromatic heterocycles. The van der Waals surface area contributed by atoms with Gasteiger partial charge in [0.15, 0.2) is 11.5 Å². The Labute approximate surface area is 209 Å². The molecule has 1 unspecified atom stereocenters. The number of aliphatic hydroxyl groups is 1. The Morgan fingerprint density at radius 3 is 2.58 bits per heavy atom. The van der Waals surface area contributed by atoms with Crippen molar-refractivity contribution in [2.24, 2.45) is 0 Å². The molecule has 36 heavy (non-hydrogen) atoms. The highest BCUT2D eigenvalue weighted by Crippen LogP contribution is 2.27. The predicted octanol–water partition coefficient (Wildman–Crippen LogP) is 2.36. The Balaban J connectivity index is 1.31. The van der Waals surface area contributed by atoms with Gasteiger partial charge in [0.25, 0.3) is 0 Å². The van der Waals surface area contributed by atoms with Gasteiger partial charge in [-0.1, -0.05) is 0 Å². The number of rotatable bonds is 5. The lowest BCUT2D eigenvalue weighted by atomic mass is 10.1. The summed E-state index contributed by atoms with van der Waals surface area (Å²) in [4.78, 5) is 14.4. The topological polar surface area (TPSA) is 108 Å². The van der Waals surface area contributed by atoms with E-state index in [2.05, 4.69) is 44.2 Å². The van der Waals surface area contributed by atoms with E-state index in [4.69, 9.17) is 9.72 Å². The molecule has 0 saturated carbocycles. The number of imidazole rings is 1. The Kier molecular flexibility index (Phi) is 5.68. The van der Waals surface area contributed by atoms with Crippen molar-refractivity contribution < 1.29 is 9.84 Å². The maximum absolute atomic E-state index is 10.4. The van der Waals surface area contributed by atoms with Gasteiger partial charge in [0.05, 0.1) is 36.4 Å². The van der Waals surface area contributed by atoms with Crippen molar-refractivity contribution in [3.05, 3.63) is 59.7 Å². The number of benzene rings is 1. The molecule has 0 aliphatic carbocycles. The number of aliphatic hydroxyl groups excluding tert-OH is 1. The van der Waals surface area contributed by atoms with Crippen LogP contribution in [-0.2, 0) is 4.74 Å². The molecule has 184 valence electrons. The van der Waals surface area contributed by atoms with Crippen molar-refractivity contribution in [2.45, 2.75) is 26.0 Å². The van der Waals surface area contributed by atoms with Gasteiger partial charge in [-0.15, -0.1) is 0 Å². The highest BCUT2D eigenvalue weighted by Gasteiger charge is 2.29. The molecule has 4 aromatic rings. The van der Waals surface area contributed by atoms with Gasteiger partial charge in [0.2, 0.25) is 0 Å². The zero-order valence-electron chi connectivity index (χ0n) is 20.4. The van der Waals surface area contributed by atoms with Crippen molar-refractivity contribution in [2.75, 3.05) is 44.3 Å². The first-order valence-corrected chi connectivity index (χ1v) is 12.2. The number of piperazine rings is 1. The second kappa shape index (κ2) is 9.02. The molecule has 6 rings (SSSR count). The third-order valence-corrected chi connectivity index (χ3v) is 7.14. The van der Waals surface area contributed by atoms with Crippen LogP contribution in [-0.4, -0.2) is 79.8 Å². The summed E-state index contributed by atoms with van der Waals surface area (Å²) in [6.07, 6.45) is 1.03. The fraction of sp³-hybridized carbons (Fsp3) is 0.385. The number of aromatic nitrogens is 5. The molecule has 2 aliphatic rings. The first-order valence-electron chi connectivity index (χ1n) is 12.2. The molecular formula is C26H28N8O2. The van der Waals surface area contributed by atoms with E-state index in [0.717, 1.165) is 56.1 Å². The number of anilines is 1. The third-order valence-electron chi connectivity index (χ3n) is 7.14. The molecule has 0 bridgehead atoms. The molecule has 0 amide bonds. The molecule has 2 aliphatic heterocycles. The van der Waals surface area contributed by atoms with Crippen molar-refractivity contribution >= 4 is 16.7 Å². The van der Waals surface area contributed by atoms with Crippen molar-refractivity contribution in [3.8, 4) is 17.7 Å². The zero-order valence-corrected chi connectivity index (χ0v) is 20.4. The van der Waals surface area contributed by atoms with Crippen molar-refractivity contribution in [1.29, 1.82) is 5.26 Å². The van der Waals surface area contributed by atoms with Gasteiger partial charge in [-0.05, 0) is 50.2 Å². The summed E-state index contributed by atoms with van der Waals surface area (Å²) < 4.78 is 8.89. The molecule has 1 N–H and O–H groups in total. The minimum atomic E-state index is -0.741. The summed E-state index contributed by atoms with van der Waals surface area (Å²) in [5.41, 5.74) is 4.72. The summed E-state index contributed by atoms with van der Waals surface area (Å²) in [5.74, 6) is 1.16. The standard InChI is InChI=1S/C26H28N8O2/c1-17-11-19(13-27)30-34(17)26-22(18(2)35)4-6-25(29-26)33-16-28-23-12-20(3-5-24(23)33)31-7-9-32(10-8-31)21-14-36-15-21/h3-6,11-12,16,18,21,35H,7-10,14-15H2,1-2H3. The first kappa shape index (κ1) is 22.7. The van der Waals surface area contributed by atoms with Crippen LogP contribution in [0.3, 0.4) is 0 Å². The van der Waals surface area contributed by atoms with E-state index in [1.165, 1.54) is 5.69 Å². The van der Waals surface area contributed by atoms with E-state index in [1.807, 2.05) is 23.6 Å². The fourth-order valence-electron chi connectivity index (χ4n) is 4.98. The minimum Gasteiger partial charge on any atom is -0.389 e. The number of nitriles is 1. The van der Waals surface area contributed by atoms with Gasteiger partial charge < -0.3 is 14.7 Å². The lowest BCUT2D eigenvalue weighted by Gasteiger charge is -2.43. The SMILES string of the molecule is Cc1cc(C#N)nn1-c1nc(-n2cnc3cc(N4CCN(C5COC5)CC4)ccc32)ccc1C(C)O. The predicted molar refractivity (Wildman–Crippen MR) is 134 cm³/mol. The van der Waals surface area contributed by atoms with Crippen LogP contribution in [0.5, 0.6) is 0 Å². The van der Waals surface area contributed by atoms with Crippen LogP contribution < -0.4 is 4.90 Å². The maximum atomic E-state index is 10.4. The van der Waals surface area contributed by atoms with Crippen LogP contribution >= 0.6 is 0 Å². The van der Waals surface area contributed by atoms with Crippen LogP contribution in [0.4, 0.5) is 5.69 Å². The number of ether oxygens (including phenoxy) is 1. The Morgan fingerprint density at radius 1 is 1.11 bits per heavy atom. The van der Waals surface area contributed by atoms with E-state index < -0.39 is 6.10 Å². The number of pyridine rings is 1. The summed E-state index contributed by atoms with van der Waals surface area (Å²) in [7, 11) is 0. The van der Waals surface area contributed by atoms with Gasteiger partial charge in [-0.2, -0.15) is 10.4 Å². The molecule has 5 heterocycles. The van der Waals surface area contributed by atoms with E-state index >= 15 is 0 Å². The smallest absolute Gasteiger partial charge is 0.163 e. The van der Waals surface area contributed by atoms with Gasteiger partial charge >= 0.3 is 0 Å². The van der Waals surface area contributed by atoms with Crippen LogP contribution in [0.25, 0.3) is 22.7 Å². The molecule has 1 aromatic carbocycles. The number of hydrogen-bond acceptors (Lipinski definition) is 8. The molecule has 10 heteroatoms. The van der Waals surface area contributed by atoms with Crippen LogP contribution in [0, 0.1) is 18.3 Å². The molecule has 1 atom stereocenters. The number of hydrogen-bond donors (Lipinski definition) is 1. The molecule has 2 fully saturated rings. The van der Waals surface area contributed by atoms with E-state index in [0.29, 0.717) is 28.9 Å². The maximum Gasteiger partial charge on any atom is 0.163 e. The monoisotopic (exact) mass is 484 g/mol. The summed E-state index contributed by atoms with van der Waals surface area (Å²) in [6, 6.07) is 14.4. The van der Waals surface area contributed by atoms with Gasteiger partial charge in [-0.25, -0.2) is 14.6 Å². The summed E-state index contributed by atoms with van der Waals surface area (Å²) in [5, 5.41) is 24.0. The lowest BCUT2D eigenvalue weighted by Crippen LogP contribution is -2.56. The third kappa shape index (κ3) is 3.91. The molecular weight excluding hydrogens is 456 g/mol. The van der Waals surface area contributed by atoms with Gasteiger partial charge in [0, 0.05) is 43.1 Å². The van der Waals surface area contributed by atoms with Gasteiger partial charge in [0.1, 0.15) is 18.2 Å². The van der Waals surface area contributed by atoms with Crippen molar-refractivity contribution in [3.63, 3.8) is 0 Å². The molecule has 0 spiro atoms. The Hall–Kier alpha value is -3.78.